The van der Waals surface area contributed by atoms with Crippen molar-refractivity contribution in [3.8, 4) is 0 Å². The number of rotatable bonds is 1. The van der Waals surface area contributed by atoms with Crippen LogP contribution in [0.25, 0.3) is 0 Å². The smallest absolute Gasteiger partial charge is 0.0372 e. The van der Waals surface area contributed by atoms with Gasteiger partial charge >= 0.3 is 0 Å². The molecule has 2 rings (SSSR count). The van der Waals surface area contributed by atoms with Crippen molar-refractivity contribution < 1.29 is 0 Å². The summed E-state index contributed by atoms with van der Waals surface area (Å²) in [5, 5.41) is 0. The van der Waals surface area contributed by atoms with Crippen LogP contribution in [0.4, 0.5) is 0 Å². The molecule has 2 nitrogen and oxygen atoms in total. The molecule has 0 aromatic carbocycles. The van der Waals surface area contributed by atoms with Gasteiger partial charge in [0, 0.05) is 25.0 Å². The van der Waals surface area contributed by atoms with Gasteiger partial charge in [0.1, 0.15) is 0 Å². The molecule has 2 heterocycles. The van der Waals surface area contributed by atoms with Gasteiger partial charge in [-0.1, -0.05) is 6.07 Å². The first kappa shape index (κ1) is 6.80. The minimum atomic E-state index is 0.628. The van der Waals surface area contributed by atoms with E-state index in [1.54, 1.807) is 0 Å². The van der Waals surface area contributed by atoms with E-state index >= 15 is 0 Å². The summed E-state index contributed by atoms with van der Waals surface area (Å²) in [6.07, 6.45) is 5.06. The van der Waals surface area contributed by atoms with Crippen molar-refractivity contribution in [3.63, 3.8) is 0 Å². The van der Waals surface area contributed by atoms with Crippen LogP contribution in [0.1, 0.15) is 18.0 Å². The Labute approximate surface area is 66.9 Å². The van der Waals surface area contributed by atoms with Crippen molar-refractivity contribution >= 4 is 0 Å². The van der Waals surface area contributed by atoms with E-state index in [0.717, 1.165) is 0 Å². The fraction of sp³-hybridized carbons (Fsp3) is 0.444. The Hall–Kier alpha value is -0.890. The highest BCUT2D eigenvalue weighted by molar-refractivity contribution is 5.16. The van der Waals surface area contributed by atoms with Crippen LogP contribution in [0.15, 0.2) is 24.5 Å². The zero-order valence-corrected chi connectivity index (χ0v) is 6.70. The minimum absolute atomic E-state index is 0.628. The third-order valence-electron chi connectivity index (χ3n) is 2.36. The van der Waals surface area contributed by atoms with E-state index in [1.165, 1.54) is 18.5 Å². The fourth-order valence-electron chi connectivity index (χ4n) is 1.51. The molecular formula is C9H12N2. The molecule has 11 heavy (non-hydrogen) atoms. The first-order valence-corrected chi connectivity index (χ1v) is 3.98. The maximum absolute atomic E-state index is 4.10. The monoisotopic (exact) mass is 148 g/mol. The fourth-order valence-corrected chi connectivity index (χ4v) is 1.51. The van der Waals surface area contributed by atoms with Gasteiger partial charge in [0.15, 0.2) is 0 Å². The van der Waals surface area contributed by atoms with Crippen LogP contribution < -0.4 is 0 Å². The average molecular weight is 148 g/mol. The van der Waals surface area contributed by atoms with E-state index < -0.39 is 0 Å². The molecule has 1 aromatic rings. The quantitative estimate of drug-likeness (QED) is 0.599. The SMILES string of the molecule is CN1CC[C@@H]1c1cccnc1. The van der Waals surface area contributed by atoms with Gasteiger partial charge in [0.2, 0.25) is 0 Å². The van der Waals surface area contributed by atoms with E-state index in [2.05, 4.69) is 23.0 Å². The van der Waals surface area contributed by atoms with Gasteiger partial charge in [0.25, 0.3) is 0 Å². The summed E-state index contributed by atoms with van der Waals surface area (Å²) in [6.45, 7) is 1.22. The first-order chi connectivity index (χ1) is 5.38. The summed E-state index contributed by atoms with van der Waals surface area (Å²) in [7, 11) is 2.15. The van der Waals surface area contributed by atoms with E-state index in [4.69, 9.17) is 0 Å². The lowest BCUT2D eigenvalue weighted by atomic mass is 9.97. The summed E-state index contributed by atoms with van der Waals surface area (Å²) in [6, 6.07) is 4.78. The maximum Gasteiger partial charge on any atom is 0.0372 e. The van der Waals surface area contributed by atoms with Crippen molar-refractivity contribution in [2.45, 2.75) is 12.5 Å². The highest BCUT2D eigenvalue weighted by Gasteiger charge is 2.25. The number of nitrogens with zero attached hydrogens (tertiary/aromatic N) is 2. The molecule has 0 radical (unpaired) electrons. The lowest BCUT2D eigenvalue weighted by Crippen LogP contribution is -2.37. The molecule has 1 aliphatic heterocycles. The zero-order chi connectivity index (χ0) is 7.68. The molecule has 0 aliphatic carbocycles. The second-order valence-corrected chi connectivity index (χ2v) is 3.07. The van der Waals surface area contributed by atoms with Crippen LogP contribution >= 0.6 is 0 Å². The Kier molecular flexibility index (Phi) is 1.62. The summed E-state index contributed by atoms with van der Waals surface area (Å²) in [5.74, 6) is 0. The third kappa shape index (κ3) is 1.14. The maximum atomic E-state index is 4.10. The van der Waals surface area contributed by atoms with Crippen molar-refractivity contribution in [2.24, 2.45) is 0 Å². The van der Waals surface area contributed by atoms with Crippen LogP contribution in [-0.4, -0.2) is 23.5 Å². The molecule has 0 saturated carbocycles. The Morgan fingerprint density at radius 1 is 1.64 bits per heavy atom. The van der Waals surface area contributed by atoms with Crippen molar-refractivity contribution in [2.75, 3.05) is 13.6 Å². The largest absolute Gasteiger partial charge is 0.299 e. The second-order valence-electron chi connectivity index (χ2n) is 3.07. The highest BCUT2D eigenvalue weighted by atomic mass is 15.2. The number of hydrogen-bond donors (Lipinski definition) is 0. The van der Waals surface area contributed by atoms with Crippen LogP contribution in [-0.2, 0) is 0 Å². The highest BCUT2D eigenvalue weighted by Crippen LogP contribution is 2.30. The molecule has 1 atom stereocenters. The standard InChI is InChI=1S/C9H12N2/c1-11-6-4-9(11)8-3-2-5-10-7-8/h2-3,5,7,9H,4,6H2,1H3/t9-/m1/s1. The number of likely N-dealkylation sites (tertiary alicyclic amines) is 1. The van der Waals surface area contributed by atoms with Gasteiger partial charge in [-0.3, -0.25) is 9.88 Å². The van der Waals surface area contributed by atoms with Crippen LogP contribution in [0.5, 0.6) is 0 Å². The Bertz CT molecular complexity index is 233. The Morgan fingerprint density at radius 2 is 2.55 bits per heavy atom. The molecule has 2 heteroatoms. The Balaban J connectivity index is 2.17. The normalized spacial score (nSPS) is 24.6. The molecule has 1 aromatic heterocycles. The molecule has 1 saturated heterocycles. The lowest BCUT2D eigenvalue weighted by molar-refractivity contribution is 0.127. The summed E-state index contributed by atoms with van der Waals surface area (Å²) in [5.41, 5.74) is 1.35. The van der Waals surface area contributed by atoms with E-state index in [1.807, 2.05) is 18.5 Å². The summed E-state index contributed by atoms with van der Waals surface area (Å²) in [4.78, 5) is 6.44. The first-order valence-electron chi connectivity index (χ1n) is 3.98. The molecule has 0 spiro atoms. The molecule has 1 aliphatic rings. The minimum Gasteiger partial charge on any atom is -0.299 e. The van der Waals surface area contributed by atoms with Crippen LogP contribution in [0, 0.1) is 0 Å². The van der Waals surface area contributed by atoms with E-state index in [0.29, 0.717) is 6.04 Å². The van der Waals surface area contributed by atoms with Crippen molar-refractivity contribution in [3.05, 3.63) is 30.1 Å². The van der Waals surface area contributed by atoms with Crippen molar-refractivity contribution in [1.29, 1.82) is 0 Å². The van der Waals surface area contributed by atoms with Gasteiger partial charge < -0.3 is 0 Å². The molecule has 0 amide bonds. The van der Waals surface area contributed by atoms with Crippen molar-refractivity contribution in [1.82, 2.24) is 9.88 Å². The topological polar surface area (TPSA) is 16.1 Å². The van der Waals surface area contributed by atoms with Gasteiger partial charge in [-0.25, -0.2) is 0 Å². The number of hydrogen-bond acceptors (Lipinski definition) is 2. The van der Waals surface area contributed by atoms with Gasteiger partial charge in [-0.05, 0) is 25.1 Å². The van der Waals surface area contributed by atoms with Gasteiger partial charge in [-0.15, -0.1) is 0 Å². The van der Waals surface area contributed by atoms with E-state index in [9.17, 15) is 0 Å². The Morgan fingerprint density at radius 3 is 3.00 bits per heavy atom. The molecule has 0 bridgehead atoms. The zero-order valence-electron chi connectivity index (χ0n) is 6.70. The average Bonchev–Trinajstić information content (AvgIpc) is 2.04. The molecule has 0 unspecified atom stereocenters. The number of pyridine rings is 1. The summed E-state index contributed by atoms with van der Waals surface area (Å²) < 4.78 is 0. The predicted molar refractivity (Wildman–Crippen MR) is 44.2 cm³/mol. The second kappa shape index (κ2) is 2.62. The lowest BCUT2D eigenvalue weighted by Gasteiger charge is -2.37. The molecule has 0 N–H and O–H groups in total. The molecule has 1 fully saturated rings. The number of aromatic nitrogens is 1. The molecule has 58 valence electrons. The van der Waals surface area contributed by atoms with Gasteiger partial charge in [-0.2, -0.15) is 0 Å². The van der Waals surface area contributed by atoms with E-state index in [-0.39, 0.29) is 0 Å². The van der Waals surface area contributed by atoms with Crippen LogP contribution in [0.3, 0.4) is 0 Å². The predicted octanol–water partition coefficient (Wildman–Crippen LogP) is 1.46. The van der Waals surface area contributed by atoms with Gasteiger partial charge in [0.05, 0.1) is 0 Å². The van der Waals surface area contributed by atoms with Crippen LogP contribution in [0.2, 0.25) is 0 Å². The summed E-state index contributed by atoms with van der Waals surface area (Å²) >= 11 is 0. The molecular weight excluding hydrogens is 136 g/mol. The third-order valence-corrected chi connectivity index (χ3v) is 2.36.